The molecule has 112 valence electrons. The lowest BCUT2D eigenvalue weighted by Gasteiger charge is -2.40. The third-order valence-corrected chi connectivity index (χ3v) is 5.83. The van der Waals surface area contributed by atoms with E-state index in [1.54, 1.807) is 6.92 Å². The van der Waals surface area contributed by atoms with Crippen molar-refractivity contribution in [3.8, 4) is 0 Å². The molecular weight excluding hydrogens is 244 g/mol. The fourth-order valence-electron chi connectivity index (χ4n) is 4.40. The fourth-order valence-corrected chi connectivity index (χ4v) is 4.40. The van der Waals surface area contributed by atoms with Crippen molar-refractivity contribution < 1.29 is 20.4 Å². The highest BCUT2D eigenvalue weighted by molar-refractivity contribution is 5.12. The topological polar surface area (TPSA) is 80.9 Å². The Morgan fingerprint density at radius 2 is 1.53 bits per heavy atom. The van der Waals surface area contributed by atoms with Crippen LogP contribution in [0.4, 0.5) is 0 Å². The molecule has 0 heterocycles. The number of aliphatic hydroxyl groups is 4. The Morgan fingerprint density at radius 1 is 1.00 bits per heavy atom. The maximum Gasteiger partial charge on any atom is 0.0961 e. The van der Waals surface area contributed by atoms with Crippen molar-refractivity contribution in [1.29, 1.82) is 0 Å². The van der Waals surface area contributed by atoms with Crippen LogP contribution in [0, 0.1) is 17.3 Å². The molecule has 2 aliphatic rings. The molecule has 4 nitrogen and oxygen atoms in total. The van der Waals surface area contributed by atoms with Crippen LogP contribution in [0.5, 0.6) is 0 Å². The van der Waals surface area contributed by atoms with Crippen molar-refractivity contribution in [2.24, 2.45) is 17.3 Å². The Bertz CT molecular complexity index is 354. The van der Waals surface area contributed by atoms with Gasteiger partial charge in [0.25, 0.3) is 0 Å². The molecule has 4 heteroatoms. The van der Waals surface area contributed by atoms with Crippen molar-refractivity contribution in [2.75, 3.05) is 0 Å². The second-order valence-electron chi connectivity index (χ2n) is 7.58. The summed E-state index contributed by atoms with van der Waals surface area (Å²) in [6, 6.07) is 0. The van der Waals surface area contributed by atoms with Gasteiger partial charge >= 0.3 is 0 Å². The van der Waals surface area contributed by atoms with Crippen LogP contribution in [0.2, 0.25) is 0 Å². The van der Waals surface area contributed by atoms with E-state index in [4.69, 9.17) is 0 Å². The minimum Gasteiger partial charge on any atom is -0.390 e. The van der Waals surface area contributed by atoms with Gasteiger partial charge in [-0.05, 0) is 49.9 Å². The second kappa shape index (κ2) is 4.42. The predicted molar refractivity (Wildman–Crippen MR) is 72.5 cm³/mol. The zero-order valence-corrected chi connectivity index (χ0v) is 12.4. The summed E-state index contributed by atoms with van der Waals surface area (Å²) >= 11 is 0. The minimum absolute atomic E-state index is 0.0467. The average Bonchev–Trinajstić information content (AvgIpc) is 2.39. The van der Waals surface area contributed by atoms with E-state index in [-0.39, 0.29) is 17.3 Å². The molecule has 0 saturated heterocycles. The molecule has 2 rings (SSSR count). The Hall–Kier alpha value is -0.160. The van der Waals surface area contributed by atoms with Gasteiger partial charge in [-0.2, -0.15) is 0 Å². The van der Waals surface area contributed by atoms with Crippen molar-refractivity contribution in [1.82, 2.24) is 0 Å². The lowest BCUT2D eigenvalue weighted by Crippen LogP contribution is -2.49. The standard InChI is InChI=1S/C15H28O4/c1-9(2)15(19)10-5-6-14(4,18)11(16)7-13(10,3)8-12(15)17/h9-12,16-19H,5-8H2,1-4H3/t10-,11+,12+,13+,14-,15-/m0/s1. The van der Waals surface area contributed by atoms with Gasteiger partial charge in [0.2, 0.25) is 0 Å². The molecule has 2 saturated carbocycles. The van der Waals surface area contributed by atoms with Crippen LogP contribution in [-0.2, 0) is 0 Å². The molecule has 4 N–H and O–H groups in total. The Morgan fingerprint density at radius 3 is 2.05 bits per heavy atom. The van der Waals surface area contributed by atoms with Gasteiger partial charge in [0.1, 0.15) is 0 Å². The van der Waals surface area contributed by atoms with E-state index in [9.17, 15) is 20.4 Å². The smallest absolute Gasteiger partial charge is 0.0961 e. The summed E-state index contributed by atoms with van der Waals surface area (Å²) in [5.74, 6) is -0.131. The van der Waals surface area contributed by atoms with E-state index in [2.05, 4.69) is 0 Å². The van der Waals surface area contributed by atoms with Gasteiger partial charge in [-0.3, -0.25) is 0 Å². The molecule has 19 heavy (non-hydrogen) atoms. The van der Waals surface area contributed by atoms with Crippen molar-refractivity contribution >= 4 is 0 Å². The van der Waals surface area contributed by atoms with Gasteiger partial charge in [0.05, 0.1) is 23.4 Å². The monoisotopic (exact) mass is 272 g/mol. The second-order valence-corrected chi connectivity index (χ2v) is 7.58. The molecule has 0 aromatic rings. The summed E-state index contributed by atoms with van der Waals surface area (Å²) in [6.07, 6.45) is 0.445. The molecule has 6 atom stereocenters. The fraction of sp³-hybridized carbons (Fsp3) is 1.00. The summed E-state index contributed by atoms with van der Waals surface area (Å²) in [6.45, 7) is 7.53. The Balaban J connectivity index is 2.38. The van der Waals surface area contributed by atoms with E-state index in [0.29, 0.717) is 25.7 Å². The quantitative estimate of drug-likeness (QED) is 0.575. The molecule has 0 aromatic heterocycles. The van der Waals surface area contributed by atoms with Gasteiger partial charge < -0.3 is 20.4 Å². The molecule has 0 bridgehead atoms. The summed E-state index contributed by atoms with van der Waals surface area (Å²) < 4.78 is 0. The van der Waals surface area contributed by atoms with Gasteiger partial charge in [0.15, 0.2) is 0 Å². The van der Waals surface area contributed by atoms with Crippen LogP contribution >= 0.6 is 0 Å². The molecule has 0 aromatic carbocycles. The Labute approximate surface area is 115 Å². The highest BCUT2D eigenvalue weighted by atomic mass is 16.3. The molecule has 0 amide bonds. The zero-order valence-electron chi connectivity index (χ0n) is 12.4. The maximum atomic E-state index is 11.0. The normalized spacial score (nSPS) is 55.1. The van der Waals surface area contributed by atoms with E-state index < -0.39 is 23.4 Å². The molecule has 2 fully saturated rings. The summed E-state index contributed by atoms with van der Waals surface area (Å²) in [7, 11) is 0. The van der Waals surface area contributed by atoms with Crippen LogP contribution in [0.3, 0.4) is 0 Å². The first kappa shape index (κ1) is 15.2. The first-order valence-electron chi connectivity index (χ1n) is 7.35. The summed E-state index contributed by atoms with van der Waals surface area (Å²) in [5.41, 5.74) is -2.54. The highest BCUT2D eigenvalue weighted by Crippen LogP contribution is 2.58. The average molecular weight is 272 g/mol. The number of rotatable bonds is 1. The van der Waals surface area contributed by atoms with Crippen LogP contribution in [0.25, 0.3) is 0 Å². The maximum absolute atomic E-state index is 11.0. The zero-order chi connectivity index (χ0) is 14.6. The highest BCUT2D eigenvalue weighted by Gasteiger charge is 2.62. The minimum atomic E-state index is -1.12. The summed E-state index contributed by atoms with van der Waals surface area (Å²) in [4.78, 5) is 0. The van der Waals surface area contributed by atoms with Crippen LogP contribution in [-0.4, -0.2) is 43.8 Å². The van der Waals surface area contributed by atoms with Crippen LogP contribution in [0.1, 0.15) is 53.4 Å². The molecule has 2 aliphatic carbocycles. The molecule has 0 radical (unpaired) electrons. The number of hydrogen-bond acceptors (Lipinski definition) is 4. The Kier molecular flexibility index (Phi) is 3.54. The number of aliphatic hydroxyl groups excluding tert-OH is 2. The SMILES string of the molecule is CC(C)[C@@]1(O)[C@H](O)C[C@@]2(C)C[C@@H](O)[C@@](C)(O)CC[C@@H]21. The predicted octanol–water partition coefficient (Wildman–Crippen LogP) is 1.06. The number of fused-ring (bicyclic) bond motifs is 1. The van der Waals surface area contributed by atoms with E-state index in [1.165, 1.54) is 0 Å². The van der Waals surface area contributed by atoms with Crippen LogP contribution in [0.15, 0.2) is 0 Å². The van der Waals surface area contributed by atoms with Crippen LogP contribution < -0.4 is 0 Å². The van der Waals surface area contributed by atoms with Gasteiger partial charge in [-0.1, -0.05) is 20.8 Å². The number of hydrogen-bond donors (Lipinski definition) is 4. The molecule has 0 unspecified atom stereocenters. The third-order valence-electron chi connectivity index (χ3n) is 5.83. The molecule has 0 aliphatic heterocycles. The van der Waals surface area contributed by atoms with Gasteiger partial charge in [-0.25, -0.2) is 0 Å². The first-order valence-corrected chi connectivity index (χ1v) is 7.35. The third kappa shape index (κ3) is 2.13. The van der Waals surface area contributed by atoms with Crippen molar-refractivity contribution in [3.63, 3.8) is 0 Å². The van der Waals surface area contributed by atoms with Gasteiger partial charge in [-0.15, -0.1) is 0 Å². The van der Waals surface area contributed by atoms with E-state index in [0.717, 1.165) is 0 Å². The summed E-state index contributed by atoms with van der Waals surface area (Å²) in [5, 5.41) is 41.8. The van der Waals surface area contributed by atoms with E-state index in [1.807, 2.05) is 20.8 Å². The largest absolute Gasteiger partial charge is 0.390 e. The lowest BCUT2D eigenvalue weighted by atomic mass is 9.69. The van der Waals surface area contributed by atoms with Crippen molar-refractivity contribution in [3.05, 3.63) is 0 Å². The lowest BCUT2D eigenvalue weighted by molar-refractivity contribution is -0.122. The van der Waals surface area contributed by atoms with E-state index >= 15 is 0 Å². The van der Waals surface area contributed by atoms with Gasteiger partial charge in [0, 0.05) is 0 Å². The molecule has 0 spiro atoms. The van der Waals surface area contributed by atoms with Crippen molar-refractivity contribution in [2.45, 2.75) is 76.8 Å². The first-order chi connectivity index (χ1) is 8.54. The molecular formula is C15H28O4.